The summed E-state index contributed by atoms with van der Waals surface area (Å²) in [6, 6.07) is 7.60. The molecule has 1 heterocycles. The number of benzene rings is 1. The van der Waals surface area contributed by atoms with Gasteiger partial charge in [-0.3, -0.25) is 0 Å². The van der Waals surface area contributed by atoms with Gasteiger partial charge in [0, 0.05) is 0 Å². The third-order valence-corrected chi connectivity index (χ3v) is 3.89. The number of aromatic nitrogens is 2. The zero-order chi connectivity index (χ0) is 17.9. The van der Waals surface area contributed by atoms with Crippen molar-refractivity contribution in [3.05, 3.63) is 47.1 Å². The van der Waals surface area contributed by atoms with Crippen molar-refractivity contribution >= 4 is 6.03 Å². The molecule has 2 aromatic rings. The van der Waals surface area contributed by atoms with Gasteiger partial charge in [-0.1, -0.05) is 50.2 Å². The maximum absolute atomic E-state index is 12.1. The van der Waals surface area contributed by atoms with Crippen molar-refractivity contribution < 1.29 is 9.32 Å². The summed E-state index contributed by atoms with van der Waals surface area (Å²) in [5, 5.41) is 9.45. The van der Waals surface area contributed by atoms with Crippen LogP contribution in [0.4, 0.5) is 4.79 Å². The lowest BCUT2D eigenvalue weighted by Crippen LogP contribution is -2.38. The molecule has 0 aliphatic rings. The Morgan fingerprint density at radius 2 is 1.67 bits per heavy atom. The normalized spacial score (nSPS) is 14.1. The van der Waals surface area contributed by atoms with Gasteiger partial charge in [-0.2, -0.15) is 4.98 Å². The van der Waals surface area contributed by atoms with Gasteiger partial charge >= 0.3 is 6.03 Å². The molecule has 0 bridgehead atoms. The minimum atomic E-state index is -0.346. The predicted molar refractivity (Wildman–Crippen MR) is 92.7 cm³/mol. The van der Waals surface area contributed by atoms with Gasteiger partial charge in [-0.25, -0.2) is 4.79 Å². The maximum atomic E-state index is 12.1. The van der Waals surface area contributed by atoms with E-state index in [0.717, 1.165) is 5.56 Å². The van der Waals surface area contributed by atoms with Crippen molar-refractivity contribution in [3.8, 4) is 0 Å². The number of hydrogen-bond acceptors (Lipinski definition) is 4. The summed E-state index contributed by atoms with van der Waals surface area (Å²) in [6.07, 6.45) is 0. The van der Waals surface area contributed by atoms with E-state index in [-0.39, 0.29) is 23.5 Å². The molecule has 0 spiro atoms. The highest BCUT2D eigenvalue weighted by atomic mass is 16.5. The summed E-state index contributed by atoms with van der Waals surface area (Å²) in [5.41, 5.74) is 2.44. The van der Waals surface area contributed by atoms with Crippen LogP contribution in [0.2, 0.25) is 0 Å². The Labute approximate surface area is 143 Å². The van der Waals surface area contributed by atoms with Crippen molar-refractivity contribution in [1.82, 2.24) is 20.8 Å². The molecule has 1 aromatic heterocycles. The molecular weight excluding hydrogens is 304 g/mol. The van der Waals surface area contributed by atoms with E-state index in [1.165, 1.54) is 5.56 Å². The first kappa shape index (κ1) is 18.0. The molecule has 0 aliphatic carbocycles. The molecule has 6 nitrogen and oxygen atoms in total. The molecular formula is C18H26N4O2. The number of aryl methyl sites for hydroxylation is 1. The van der Waals surface area contributed by atoms with Crippen molar-refractivity contribution in [2.45, 2.75) is 59.0 Å². The van der Waals surface area contributed by atoms with Crippen LogP contribution in [0.15, 0.2) is 28.8 Å². The van der Waals surface area contributed by atoms with Gasteiger partial charge in [0.1, 0.15) is 6.04 Å². The molecule has 0 unspecified atom stereocenters. The Morgan fingerprint density at radius 1 is 1.08 bits per heavy atom. The van der Waals surface area contributed by atoms with Gasteiger partial charge in [-0.05, 0) is 37.3 Å². The summed E-state index contributed by atoms with van der Waals surface area (Å²) in [5.74, 6) is 0.941. The van der Waals surface area contributed by atoms with Gasteiger partial charge < -0.3 is 15.2 Å². The fourth-order valence-corrected chi connectivity index (χ4v) is 2.34. The van der Waals surface area contributed by atoms with Gasteiger partial charge in [0.15, 0.2) is 5.82 Å². The van der Waals surface area contributed by atoms with E-state index < -0.39 is 0 Å². The second kappa shape index (κ2) is 7.03. The standard InChI is InChI=1S/C18H26N4O2/c1-11(14-7-9-15(10-8-14)18(4,5)6)19-17(23)20-12(2)16-21-13(3)22-24-16/h7-12H,1-6H3,(H2,19,20,23)/t11-,12+/m0/s1. The molecule has 0 saturated carbocycles. The second-order valence-corrected chi connectivity index (χ2v) is 7.11. The van der Waals surface area contributed by atoms with Crippen LogP contribution in [-0.4, -0.2) is 16.2 Å². The molecule has 2 atom stereocenters. The number of amides is 2. The van der Waals surface area contributed by atoms with E-state index in [4.69, 9.17) is 4.52 Å². The summed E-state index contributed by atoms with van der Waals surface area (Å²) in [4.78, 5) is 16.2. The fraction of sp³-hybridized carbons (Fsp3) is 0.500. The van der Waals surface area contributed by atoms with E-state index >= 15 is 0 Å². The Morgan fingerprint density at radius 3 is 2.17 bits per heavy atom. The number of carbonyl (C=O) groups is 1. The van der Waals surface area contributed by atoms with Crippen LogP contribution in [0.3, 0.4) is 0 Å². The van der Waals surface area contributed by atoms with Crippen molar-refractivity contribution in [1.29, 1.82) is 0 Å². The third-order valence-electron chi connectivity index (χ3n) is 3.89. The molecule has 1 aromatic carbocycles. The maximum Gasteiger partial charge on any atom is 0.315 e. The second-order valence-electron chi connectivity index (χ2n) is 7.11. The number of rotatable bonds is 4. The van der Waals surface area contributed by atoms with Gasteiger partial charge in [0.2, 0.25) is 5.89 Å². The van der Waals surface area contributed by atoms with E-state index in [1.807, 2.05) is 6.92 Å². The SMILES string of the molecule is Cc1noc([C@@H](C)NC(=O)N[C@@H](C)c2ccc(C(C)(C)C)cc2)n1. The monoisotopic (exact) mass is 330 g/mol. The molecule has 6 heteroatoms. The summed E-state index contributed by atoms with van der Waals surface area (Å²) in [7, 11) is 0. The highest BCUT2D eigenvalue weighted by molar-refractivity contribution is 5.74. The lowest BCUT2D eigenvalue weighted by molar-refractivity contribution is 0.231. The molecule has 130 valence electrons. The van der Waals surface area contributed by atoms with Crippen LogP contribution in [0, 0.1) is 6.92 Å². The topological polar surface area (TPSA) is 80.0 Å². The number of hydrogen-bond donors (Lipinski definition) is 2. The van der Waals surface area contributed by atoms with Crippen molar-refractivity contribution in [2.24, 2.45) is 0 Å². The van der Waals surface area contributed by atoms with Gasteiger partial charge in [0.05, 0.1) is 6.04 Å². The number of nitrogens with one attached hydrogen (secondary N) is 2. The summed E-state index contributed by atoms with van der Waals surface area (Å²) in [6.45, 7) is 12.0. The number of urea groups is 1. The van der Waals surface area contributed by atoms with Crippen LogP contribution in [-0.2, 0) is 5.41 Å². The highest BCUT2D eigenvalue weighted by Gasteiger charge is 2.18. The first-order valence-electron chi connectivity index (χ1n) is 8.14. The minimum Gasteiger partial charge on any atom is -0.337 e. The molecule has 0 radical (unpaired) electrons. The molecule has 0 saturated heterocycles. The predicted octanol–water partition coefficient (Wildman–Crippen LogP) is 3.80. The van der Waals surface area contributed by atoms with Crippen LogP contribution in [0.1, 0.15) is 69.5 Å². The summed E-state index contributed by atoms with van der Waals surface area (Å²) >= 11 is 0. The van der Waals surface area contributed by atoms with E-state index in [2.05, 4.69) is 65.8 Å². The zero-order valence-electron chi connectivity index (χ0n) is 15.2. The third kappa shape index (κ3) is 4.57. The largest absolute Gasteiger partial charge is 0.337 e. The smallest absolute Gasteiger partial charge is 0.315 e. The summed E-state index contributed by atoms with van der Waals surface area (Å²) < 4.78 is 5.06. The Kier molecular flexibility index (Phi) is 5.26. The van der Waals surface area contributed by atoms with Gasteiger partial charge in [0.25, 0.3) is 0 Å². The Hall–Kier alpha value is -2.37. The number of nitrogens with zero attached hydrogens (tertiary/aromatic N) is 2. The Bertz CT molecular complexity index is 686. The van der Waals surface area contributed by atoms with Crippen LogP contribution >= 0.6 is 0 Å². The quantitative estimate of drug-likeness (QED) is 0.893. The highest BCUT2D eigenvalue weighted by Crippen LogP contribution is 2.23. The Balaban J connectivity index is 1.93. The number of carbonyl (C=O) groups excluding carboxylic acids is 1. The molecule has 0 aliphatic heterocycles. The molecule has 2 N–H and O–H groups in total. The fourth-order valence-electron chi connectivity index (χ4n) is 2.34. The molecule has 2 amide bonds. The first-order chi connectivity index (χ1) is 11.2. The van der Waals surface area contributed by atoms with Gasteiger partial charge in [-0.15, -0.1) is 0 Å². The molecule has 0 fully saturated rings. The van der Waals surface area contributed by atoms with E-state index in [0.29, 0.717) is 11.7 Å². The van der Waals surface area contributed by atoms with Crippen molar-refractivity contribution in [2.75, 3.05) is 0 Å². The van der Waals surface area contributed by atoms with E-state index in [1.54, 1.807) is 13.8 Å². The van der Waals surface area contributed by atoms with Crippen LogP contribution < -0.4 is 10.6 Å². The average molecular weight is 330 g/mol. The van der Waals surface area contributed by atoms with E-state index in [9.17, 15) is 4.79 Å². The lowest BCUT2D eigenvalue weighted by atomic mass is 9.86. The first-order valence-corrected chi connectivity index (χ1v) is 8.14. The van der Waals surface area contributed by atoms with Crippen molar-refractivity contribution in [3.63, 3.8) is 0 Å². The molecule has 24 heavy (non-hydrogen) atoms. The average Bonchev–Trinajstić information content (AvgIpc) is 2.93. The molecule has 2 rings (SSSR count). The lowest BCUT2D eigenvalue weighted by Gasteiger charge is -2.21. The van der Waals surface area contributed by atoms with Crippen LogP contribution in [0.25, 0.3) is 0 Å². The van der Waals surface area contributed by atoms with Crippen LogP contribution in [0.5, 0.6) is 0 Å². The minimum absolute atomic E-state index is 0.101. The zero-order valence-corrected chi connectivity index (χ0v) is 15.2.